The molecule has 4 atom stereocenters. The van der Waals surface area contributed by atoms with Gasteiger partial charge < -0.3 is 21.1 Å². The molecule has 0 radical (unpaired) electrons. The molecule has 1 fully saturated rings. The van der Waals surface area contributed by atoms with Crippen molar-refractivity contribution in [1.82, 2.24) is 0 Å². The van der Waals surface area contributed by atoms with E-state index in [2.05, 4.69) is 0 Å². The van der Waals surface area contributed by atoms with E-state index in [9.17, 15) is 10.2 Å². The number of aliphatic hydroxyl groups is 3. The van der Waals surface area contributed by atoms with Crippen molar-refractivity contribution in [2.75, 3.05) is 13.2 Å². The first kappa shape index (κ1) is 8.93. The maximum Gasteiger partial charge on any atom is 0.0852 e. The Morgan fingerprint density at radius 1 is 1.18 bits per heavy atom. The smallest absolute Gasteiger partial charge is 0.0852 e. The van der Waals surface area contributed by atoms with Crippen LogP contribution >= 0.6 is 0 Å². The van der Waals surface area contributed by atoms with Gasteiger partial charge in [-0.25, -0.2) is 0 Å². The number of hydrogen-bond acceptors (Lipinski definition) is 4. The number of nitrogens with two attached hydrogens (primary N) is 1. The highest BCUT2D eigenvalue weighted by Gasteiger charge is 2.39. The van der Waals surface area contributed by atoms with Crippen molar-refractivity contribution in [1.29, 1.82) is 0 Å². The standard InChI is InChI=1S/C7H15NO3/c8-2-4-1-5(3-9)7(11)6(4)10/h4-7,9-11H,1-3,8H2/t4-,5+,6+,7+/m0/s1. The third-order valence-corrected chi connectivity index (χ3v) is 2.46. The molecule has 0 aromatic heterocycles. The molecule has 0 aliphatic heterocycles. The summed E-state index contributed by atoms with van der Waals surface area (Å²) in [5, 5.41) is 27.4. The van der Waals surface area contributed by atoms with E-state index in [4.69, 9.17) is 10.8 Å². The predicted octanol–water partition coefficient (Wildman–Crippen LogP) is -1.70. The highest BCUT2D eigenvalue weighted by Crippen LogP contribution is 2.30. The Bertz CT molecular complexity index is 113. The molecule has 1 aliphatic rings. The zero-order valence-corrected chi connectivity index (χ0v) is 6.35. The van der Waals surface area contributed by atoms with Gasteiger partial charge in [-0.1, -0.05) is 0 Å². The Hall–Kier alpha value is -0.160. The van der Waals surface area contributed by atoms with Crippen LogP contribution in [0, 0.1) is 11.8 Å². The molecule has 0 aromatic carbocycles. The van der Waals surface area contributed by atoms with Crippen molar-refractivity contribution in [2.45, 2.75) is 18.6 Å². The molecule has 1 saturated carbocycles. The summed E-state index contributed by atoms with van der Waals surface area (Å²) in [6.07, 6.45) is -0.930. The first-order valence-corrected chi connectivity index (χ1v) is 3.87. The topological polar surface area (TPSA) is 86.7 Å². The van der Waals surface area contributed by atoms with E-state index < -0.39 is 12.2 Å². The molecular formula is C7H15NO3. The molecule has 0 amide bonds. The molecular weight excluding hydrogens is 146 g/mol. The lowest BCUT2D eigenvalue weighted by Crippen LogP contribution is -2.31. The van der Waals surface area contributed by atoms with Crippen LogP contribution in [-0.2, 0) is 0 Å². The molecule has 0 unspecified atom stereocenters. The van der Waals surface area contributed by atoms with E-state index >= 15 is 0 Å². The zero-order valence-electron chi connectivity index (χ0n) is 6.35. The van der Waals surface area contributed by atoms with Gasteiger partial charge in [0.25, 0.3) is 0 Å². The van der Waals surface area contributed by atoms with Crippen molar-refractivity contribution < 1.29 is 15.3 Å². The molecule has 1 rings (SSSR count). The first-order valence-electron chi connectivity index (χ1n) is 3.87. The Balaban J connectivity index is 2.53. The Labute approximate surface area is 65.6 Å². The van der Waals surface area contributed by atoms with Gasteiger partial charge in [0, 0.05) is 18.4 Å². The fourth-order valence-electron chi connectivity index (χ4n) is 1.64. The Kier molecular flexibility index (Phi) is 2.84. The van der Waals surface area contributed by atoms with Gasteiger partial charge in [0.2, 0.25) is 0 Å². The van der Waals surface area contributed by atoms with E-state index in [0.717, 1.165) is 0 Å². The molecule has 0 spiro atoms. The lowest BCUT2D eigenvalue weighted by molar-refractivity contribution is -0.00476. The second-order valence-corrected chi connectivity index (χ2v) is 3.16. The fraction of sp³-hybridized carbons (Fsp3) is 1.00. The van der Waals surface area contributed by atoms with Gasteiger partial charge in [0.15, 0.2) is 0 Å². The molecule has 66 valence electrons. The summed E-state index contributed by atoms with van der Waals surface area (Å²) in [5.41, 5.74) is 5.35. The molecule has 4 heteroatoms. The summed E-state index contributed by atoms with van der Waals surface area (Å²) in [6, 6.07) is 0. The molecule has 0 aromatic rings. The summed E-state index contributed by atoms with van der Waals surface area (Å²) in [5.74, 6) is -0.249. The van der Waals surface area contributed by atoms with Crippen LogP contribution < -0.4 is 5.73 Å². The second-order valence-electron chi connectivity index (χ2n) is 3.16. The average Bonchev–Trinajstić information content (AvgIpc) is 2.30. The van der Waals surface area contributed by atoms with E-state index in [1.165, 1.54) is 0 Å². The van der Waals surface area contributed by atoms with Crippen molar-refractivity contribution in [3.63, 3.8) is 0 Å². The predicted molar refractivity (Wildman–Crippen MR) is 39.8 cm³/mol. The molecule has 0 saturated heterocycles. The molecule has 11 heavy (non-hydrogen) atoms. The monoisotopic (exact) mass is 161 g/mol. The van der Waals surface area contributed by atoms with Crippen molar-refractivity contribution in [2.24, 2.45) is 17.6 Å². The Morgan fingerprint density at radius 2 is 1.73 bits per heavy atom. The van der Waals surface area contributed by atoms with Crippen LogP contribution in [0.25, 0.3) is 0 Å². The van der Waals surface area contributed by atoms with Gasteiger partial charge in [-0.05, 0) is 13.0 Å². The van der Waals surface area contributed by atoms with Crippen LogP contribution in [0.2, 0.25) is 0 Å². The normalized spacial score (nSPS) is 44.7. The second kappa shape index (κ2) is 3.49. The summed E-state index contributed by atoms with van der Waals surface area (Å²) in [6.45, 7) is 0.295. The van der Waals surface area contributed by atoms with Crippen molar-refractivity contribution >= 4 is 0 Å². The molecule has 0 bridgehead atoms. The quantitative estimate of drug-likeness (QED) is 0.388. The lowest BCUT2D eigenvalue weighted by Gasteiger charge is -2.14. The highest BCUT2D eigenvalue weighted by molar-refractivity contribution is 4.90. The van der Waals surface area contributed by atoms with Gasteiger partial charge >= 0.3 is 0 Å². The third kappa shape index (κ3) is 1.54. The van der Waals surface area contributed by atoms with Gasteiger partial charge in [-0.2, -0.15) is 0 Å². The van der Waals surface area contributed by atoms with Gasteiger partial charge in [0.05, 0.1) is 12.2 Å². The maximum absolute atomic E-state index is 9.32. The SMILES string of the molecule is NC[C@@H]1C[C@H](CO)[C@@H](O)[C@@H]1O. The van der Waals surface area contributed by atoms with Gasteiger partial charge in [-0.3, -0.25) is 0 Å². The minimum atomic E-state index is -0.798. The number of aliphatic hydroxyl groups excluding tert-OH is 3. The molecule has 1 aliphatic carbocycles. The third-order valence-electron chi connectivity index (χ3n) is 2.46. The van der Waals surface area contributed by atoms with E-state index in [-0.39, 0.29) is 18.4 Å². The van der Waals surface area contributed by atoms with E-state index in [1.807, 2.05) is 0 Å². The summed E-state index contributed by atoms with van der Waals surface area (Å²) in [7, 11) is 0. The van der Waals surface area contributed by atoms with Crippen molar-refractivity contribution in [3.8, 4) is 0 Å². The summed E-state index contributed by atoms with van der Waals surface area (Å²) in [4.78, 5) is 0. The van der Waals surface area contributed by atoms with Crippen LogP contribution in [0.4, 0.5) is 0 Å². The molecule has 5 N–H and O–H groups in total. The van der Waals surface area contributed by atoms with E-state index in [1.54, 1.807) is 0 Å². The number of hydrogen-bond donors (Lipinski definition) is 4. The van der Waals surface area contributed by atoms with Crippen LogP contribution in [-0.4, -0.2) is 40.7 Å². The minimum Gasteiger partial charge on any atom is -0.396 e. The first-order chi connectivity index (χ1) is 5.20. The highest BCUT2D eigenvalue weighted by atomic mass is 16.3. The lowest BCUT2D eigenvalue weighted by atomic mass is 10.1. The van der Waals surface area contributed by atoms with Gasteiger partial charge in [0.1, 0.15) is 0 Å². The van der Waals surface area contributed by atoms with Crippen LogP contribution in [0.5, 0.6) is 0 Å². The maximum atomic E-state index is 9.32. The average molecular weight is 161 g/mol. The van der Waals surface area contributed by atoms with Crippen LogP contribution in [0.1, 0.15) is 6.42 Å². The summed E-state index contributed by atoms with van der Waals surface area (Å²) >= 11 is 0. The van der Waals surface area contributed by atoms with Crippen molar-refractivity contribution in [3.05, 3.63) is 0 Å². The van der Waals surface area contributed by atoms with E-state index in [0.29, 0.717) is 13.0 Å². The molecule has 4 nitrogen and oxygen atoms in total. The zero-order chi connectivity index (χ0) is 8.43. The van der Waals surface area contributed by atoms with Crippen LogP contribution in [0.15, 0.2) is 0 Å². The molecule has 0 heterocycles. The largest absolute Gasteiger partial charge is 0.396 e. The number of rotatable bonds is 2. The Morgan fingerprint density at radius 3 is 2.00 bits per heavy atom. The van der Waals surface area contributed by atoms with Crippen LogP contribution in [0.3, 0.4) is 0 Å². The minimum absolute atomic E-state index is 0.0536. The summed E-state index contributed by atoms with van der Waals surface area (Å²) < 4.78 is 0. The fourth-order valence-corrected chi connectivity index (χ4v) is 1.64. The van der Waals surface area contributed by atoms with Gasteiger partial charge in [-0.15, -0.1) is 0 Å².